The van der Waals surface area contributed by atoms with Crippen molar-refractivity contribution in [3.63, 3.8) is 0 Å². The summed E-state index contributed by atoms with van der Waals surface area (Å²) >= 11 is 1.59. The second-order valence-corrected chi connectivity index (χ2v) is 6.52. The molecule has 0 atom stereocenters. The molecule has 0 N–H and O–H groups in total. The van der Waals surface area contributed by atoms with E-state index in [1.54, 1.807) is 23.7 Å². The van der Waals surface area contributed by atoms with Gasteiger partial charge in [0.1, 0.15) is 10.0 Å². The van der Waals surface area contributed by atoms with Crippen LogP contribution in [0.5, 0.6) is 0 Å². The molecular formula is C17H16N6S. The molecule has 0 saturated heterocycles. The van der Waals surface area contributed by atoms with Crippen molar-refractivity contribution in [3.8, 4) is 27.9 Å². The van der Waals surface area contributed by atoms with Crippen LogP contribution < -0.4 is 0 Å². The molecule has 0 unspecified atom stereocenters. The quantitative estimate of drug-likeness (QED) is 0.571. The van der Waals surface area contributed by atoms with Crippen molar-refractivity contribution in [1.29, 1.82) is 0 Å². The highest BCUT2D eigenvalue weighted by atomic mass is 32.1. The Bertz CT molecular complexity index is 980. The molecule has 7 heteroatoms. The van der Waals surface area contributed by atoms with Crippen molar-refractivity contribution in [2.75, 3.05) is 0 Å². The Morgan fingerprint density at radius 2 is 1.88 bits per heavy atom. The average Bonchev–Trinajstić information content (AvgIpc) is 3.34. The molecule has 120 valence electrons. The monoisotopic (exact) mass is 336 g/mol. The minimum atomic E-state index is 0.826. The molecular weight excluding hydrogens is 320 g/mol. The fourth-order valence-electron chi connectivity index (χ4n) is 2.65. The van der Waals surface area contributed by atoms with Crippen LogP contribution in [-0.4, -0.2) is 29.3 Å². The van der Waals surface area contributed by atoms with Gasteiger partial charge in [0.2, 0.25) is 0 Å². The smallest absolute Gasteiger partial charge is 0.181 e. The third-order valence-corrected chi connectivity index (χ3v) is 4.68. The maximum Gasteiger partial charge on any atom is 0.181 e. The molecule has 0 saturated carbocycles. The van der Waals surface area contributed by atoms with Gasteiger partial charge in [-0.3, -0.25) is 4.57 Å². The molecule has 0 spiro atoms. The molecule has 3 heterocycles. The lowest BCUT2D eigenvalue weighted by Crippen LogP contribution is -2.03. The fourth-order valence-corrected chi connectivity index (χ4v) is 3.34. The van der Waals surface area contributed by atoms with E-state index in [2.05, 4.69) is 43.8 Å². The second-order valence-electron chi connectivity index (χ2n) is 5.33. The van der Waals surface area contributed by atoms with Gasteiger partial charge in [-0.2, -0.15) is 0 Å². The van der Waals surface area contributed by atoms with E-state index in [0.29, 0.717) is 0 Å². The number of aryl methyl sites for hydroxylation is 2. The summed E-state index contributed by atoms with van der Waals surface area (Å²) in [7, 11) is 0. The number of hydrogen-bond acceptors (Lipinski definition) is 5. The summed E-state index contributed by atoms with van der Waals surface area (Å²) in [6.07, 6.45) is 7.52. The van der Waals surface area contributed by atoms with Crippen LogP contribution in [0.15, 0.2) is 49.1 Å². The molecule has 0 aliphatic rings. The first-order valence-corrected chi connectivity index (χ1v) is 8.53. The Morgan fingerprint density at radius 1 is 1.04 bits per heavy atom. The highest BCUT2D eigenvalue weighted by Gasteiger charge is 2.13. The number of rotatable bonds is 4. The fraction of sp³-hybridized carbons (Fsp3) is 0.176. The van der Waals surface area contributed by atoms with Gasteiger partial charge in [-0.25, -0.2) is 9.97 Å². The molecule has 0 radical (unpaired) electrons. The average molecular weight is 336 g/mol. The molecule has 0 fully saturated rings. The van der Waals surface area contributed by atoms with Crippen LogP contribution in [-0.2, 0) is 6.54 Å². The standard InChI is InChI=1S/C17H16N6S/c1-3-22-9-7-18-15(22)16-19-8-10-23(16)14-6-4-5-13(11-14)17-21-20-12(2)24-17/h4-11H,3H2,1-2H3. The molecule has 0 amide bonds. The summed E-state index contributed by atoms with van der Waals surface area (Å²) in [5, 5.41) is 10.2. The predicted molar refractivity (Wildman–Crippen MR) is 94.1 cm³/mol. The lowest BCUT2D eigenvalue weighted by Gasteiger charge is -2.10. The SMILES string of the molecule is CCn1ccnc1-c1nccn1-c1cccc(-c2nnc(C)s2)c1. The zero-order valence-corrected chi connectivity index (χ0v) is 14.2. The number of hydrogen-bond donors (Lipinski definition) is 0. The van der Waals surface area contributed by atoms with Gasteiger partial charge in [-0.1, -0.05) is 23.5 Å². The van der Waals surface area contributed by atoms with Gasteiger partial charge < -0.3 is 4.57 Å². The summed E-state index contributed by atoms with van der Waals surface area (Å²) in [6.45, 7) is 4.91. The van der Waals surface area contributed by atoms with Crippen LogP contribution in [0, 0.1) is 6.92 Å². The summed E-state index contributed by atoms with van der Waals surface area (Å²) in [4.78, 5) is 8.96. The first-order chi connectivity index (χ1) is 11.8. The number of nitrogens with zero attached hydrogens (tertiary/aromatic N) is 6. The highest BCUT2D eigenvalue weighted by molar-refractivity contribution is 7.14. The molecule has 0 aliphatic carbocycles. The van der Waals surface area contributed by atoms with Gasteiger partial charge in [0, 0.05) is 42.6 Å². The molecule has 24 heavy (non-hydrogen) atoms. The third kappa shape index (κ3) is 2.52. The number of aromatic nitrogens is 6. The summed E-state index contributed by atoms with van der Waals surface area (Å²) in [5.74, 6) is 1.69. The first-order valence-electron chi connectivity index (χ1n) is 7.72. The van der Waals surface area contributed by atoms with Crippen LogP contribution in [0.4, 0.5) is 0 Å². The normalized spacial score (nSPS) is 11.1. The van der Waals surface area contributed by atoms with E-state index >= 15 is 0 Å². The van der Waals surface area contributed by atoms with Crippen LogP contribution in [0.3, 0.4) is 0 Å². The van der Waals surface area contributed by atoms with Crippen molar-refractivity contribution in [2.45, 2.75) is 20.4 Å². The zero-order chi connectivity index (χ0) is 16.5. The highest BCUT2D eigenvalue weighted by Crippen LogP contribution is 2.27. The lowest BCUT2D eigenvalue weighted by atomic mass is 10.2. The van der Waals surface area contributed by atoms with Gasteiger partial charge in [0.15, 0.2) is 11.6 Å². The van der Waals surface area contributed by atoms with Crippen molar-refractivity contribution in [1.82, 2.24) is 29.3 Å². The molecule has 1 aromatic carbocycles. The summed E-state index contributed by atoms with van der Waals surface area (Å²) in [6, 6.07) is 8.23. The van der Waals surface area contributed by atoms with Crippen molar-refractivity contribution in [2.24, 2.45) is 0 Å². The van der Waals surface area contributed by atoms with Gasteiger partial charge >= 0.3 is 0 Å². The number of benzene rings is 1. The molecule has 0 bridgehead atoms. The Morgan fingerprint density at radius 3 is 2.67 bits per heavy atom. The Labute approximate surface area is 143 Å². The molecule has 4 aromatic rings. The summed E-state index contributed by atoms with van der Waals surface area (Å²) < 4.78 is 4.13. The number of imidazole rings is 2. The van der Waals surface area contributed by atoms with Crippen molar-refractivity contribution >= 4 is 11.3 Å². The van der Waals surface area contributed by atoms with E-state index in [1.807, 2.05) is 36.0 Å². The van der Waals surface area contributed by atoms with Gasteiger partial charge in [0.05, 0.1) is 0 Å². The third-order valence-electron chi connectivity index (χ3n) is 3.79. The van der Waals surface area contributed by atoms with Crippen molar-refractivity contribution < 1.29 is 0 Å². The van der Waals surface area contributed by atoms with Gasteiger partial charge in [0.25, 0.3) is 0 Å². The topological polar surface area (TPSA) is 61.4 Å². The van der Waals surface area contributed by atoms with Crippen LogP contribution in [0.2, 0.25) is 0 Å². The van der Waals surface area contributed by atoms with E-state index in [4.69, 9.17) is 0 Å². The van der Waals surface area contributed by atoms with Crippen molar-refractivity contribution in [3.05, 3.63) is 54.1 Å². The largest absolute Gasteiger partial charge is 0.329 e. The molecule has 6 nitrogen and oxygen atoms in total. The Hall–Kier alpha value is -2.80. The second kappa shape index (κ2) is 6.01. The minimum Gasteiger partial charge on any atom is -0.329 e. The molecule has 0 aliphatic heterocycles. The molecule has 4 rings (SSSR count). The maximum absolute atomic E-state index is 4.50. The summed E-state index contributed by atoms with van der Waals surface area (Å²) in [5.41, 5.74) is 2.08. The van der Waals surface area contributed by atoms with E-state index in [9.17, 15) is 0 Å². The van der Waals surface area contributed by atoms with E-state index in [-0.39, 0.29) is 0 Å². The van der Waals surface area contributed by atoms with Crippen LogP contribution in [0.1, 0.15) is 11.9 Å². The van der Waals surface area contributed by atoms with Crippen LogP contribution >= 0.6 is 11.3 Å². The first kappa shape index (κ1) is 14.8. The minimum absolute atomic E-state index is 0.826. The Balaban J connectivity index is 1.80. The van der Waals surface area contributed by atoms with E-state index < -0.39 is 0 Å². The van der Waals surface area contributed by atoms with Gasteiger partial charge in [-0.05, 0) is 26.0 Å². The van der Waals surface area contributed by atoms with E-state index in [0.717, 1.165) is 39.5 Å². The zero-order valence-electron chi connectivity index (χ0n) is 13.4. The van der Waals surface area contributed by atoms with E-state index in [1.165, 1.54) is 0 Å². The predicted octanol–water partition coefficient (Wildman–Crippen LogP) is 3.58. The van der Waals surface area contributed by atoms with Gasteiger partial charge in [-0.15, -0.1) is 10.2 Å². The Kier molecular flexibility index (Phi) is 3.70. The van der Waals surface area contributed by atoms with Crippen LogP contribution in [0.25, 0.3) is 27.9 Å². The lowest BCUT2D eigenvalue weighted by molar-refractivity contribution is 0.762. The maximum atomic E-state index is 4.50. The molecule has 3 aromatic heterocycles.